The second-order valence-electron chi connectivity index (χ2n) is 18.8. The molecule has 0 N–H and O–H groups in total. The molecule has 11 aromatic carbocycles. The van der Waals surface area contributed by atoms with Crippen LogP contribution in [0.4, 0.5) is 17.1 Å². The van der Waals surface area contributed by atoms with Gasteiger partial charge in [0.15, 0.2) is 0 Å². The number of hydrogen-bond acceptors (Lipinski definition) is 5. The van der Waals surface area contributed by atoms with E-state index in [9.17, 15) is 0 Å². The molecule has 0 amide bonds. The van der Waals surface area contributed by atoms with Gasteiger partial charge in [-0.3, -0.25) is 0 Å². The number of nitrogens with zero attached hydrogens (tertiary/aromatic N) is 1. The van der Waals surface area contributed by atoms with Gasteiger partial charge in [-0.1, -0.05) is 158 Å². The maximum atomic E-state index is 7.09. The van der Waals surface area contributed by atoms with Crippen molar-refractivity contribution in [2.24, 2.45) is 0 Å². The third-order valence-electron chi connectivity index (χ3n) is 14.6. The van der Waals surface area contributed by atoms with E-state index in [4.69, 9.17) is 18.3 Å². The summed E-state index contributed by atoms with van der Waals surface area (Å²) in [7, 11) is 0. The summed E-state index contributed by atoms with van der Waals surface area (Å²) in [6.45, 7) is -0.117. The van der Waals surface area contributed by atoms with E-state index < -0.39 is 0 Å². The summed E-state index contributed by atoms with van der Waals surface area (Å²) < 4.78 is 26.4. The number of fused-ring (bicyclic) bond motifs is 10. The van der Waals surface area contributed by atoms with Gasteiger partial charge in [0.1, 0.15) is 45.3 Å². The third-order valence-corrected chi connectivity index (χ3v) is 14.6. The second kappa shape index (κ2) is 16.0. The summed E-state index contributed by atoms with van der Waals surface area (Å²) in [5, 5.41) is 4.49. The normalized spacial score (nSPS) is 12.4. The number of furan rings is 2. The van der Waals surface area contributed by atoms with E-state index in [1.165, 1.54) is 0 Å². The summed E-state index contributed by atoms with van der Waals surface area (Å²) in [6, 6.07) is 85.6. The lowest BCUT2D eigenvalue weighted by Gasteiger charge is -2.35. The molecule has 0 fully saturated rings. The number of ether oxygens (including phenoxy) is 2. The minimum absolute atomic E-state index is 0.117. The predicted octanol–water partition coefficient (Wildman–Crippen LogP) is 16.4. The quantitative estimate of drug-likeness (QED) is 0.149. The van der Waals surface area contributed by atoms with Gasteiger partial charge in [-0.05, 0) is 128 Å². The summed E-state index contributed by atoms with van der Waals surface area (Å²) >= 11 is 0. The van der Waals surface area contributed by atoms with Crippen molar-refractivity contribution in [2.45, 2.75) is 0 Å². The Bertz CT molecular complexity index is 4000. The van der Waals surface area contributed by atoms with Crippen LogP contribution in [0.25, 0.3) is 88.4 Å². The number of hydrogen-bond donors (Lipinski definition) is 0. The molecule has 72 heavy (non-hydrogen) atoms. The summed E-state index contributed by atoms with van der Waals surface area (Å²) in [4.78, 5) is 2.26. The van der Waals surface area contributed by atoms with E-state index in [-0.39, 0.29) is 6.71 Å². The van der Waals surface area contributed by atoms with E-state index in [1.54, 1.807) is 0 Å². The van der Waals surface area contributed by atoms with Crippen molar-refractivity contribution < 1.29 is 18.3 Å². The molecule has 336 valence electrons. The van der Waals surface area contributed by atoms with E-state index in [0.717, 1.165) is 145 Å². The Hall–Kier alpha value is -9.52. The molecule has 2 aliphatic rings. The van der Waals surface area contributed by atoms with E-state index in [0.29, 0.717) is 0 Å². The molecule has 0 bridgehead atoms. The number of para-hydroxylation sites is 4. The van der Waals surface area contributed by atoms with Gasteiger partial charge < -0.3 is 23.2 Å². The van der Waals surface area contributed by atoms with Crippen molar-refractivity contribution in [3.63, 3.8) is 0 Å². The zero-order chi connectivity index (χ0) is 47.3. The second-order valence-corrected chi connectivity index (χ2v) is 18.8. The van der Waals surface area contributed by atoms with Crippen LogP contribution in [-0.2, 0) is 0 Å². The van der Waals surface area contributed by atoms with Gasteiger partial charge >= 0.3 is 0 Å². The average Bonchev–Trinajstić information content (AvgIpc) is 4.01. The first-order valence-electron chi connectivity index (χ1n) is 24.4. The first-order valence-corrected chi connectivity index (χ1v) is 24.4. The van der Waals surface area contributed by atoms with Crippen molar-refractivity contribution in [1.82, 2.24) is 0 Å². The molecular weight excluding hydrogens is 882 g/mol. The van der Waals surface area contributed by atoms with Crippen LogP contribution in [0.5, 0.6) is 23.0 Å². The van der Waals surface area contributed by atoms with Gasteiger partial charge in [0.05, 0.1) is 5.69 Å². The maximum absolute atomic E-state index is 7.09. The van der Waals surface area contributed by atoms with Gasteiger partial charge in [-0.2, -0.15) is 0 Å². The average molecular weight is 922 g/mol. The van der Waals surface area contributed by atoms with Crippen LogP contribution in [0, 0.1) is 0 Å². The fourth-order valence-electron chi connectivity index (χ4n) is 11.1. The Morgan fingerprint density at radius 2 is 0.625 bits per heavy atom. The van der Waals surface area contributed by atoms with E-state index >= 15 is 0 Å². The summed E-state index contributed by atoms with van der Waals surface area (Å²) in [6.07, 6.45) is 0. The smallest absolute Gasteiger partial charge is 0.260 e. The van der Waals surface area contributed by atoms with Gasteiger partial charge in [0.2, 0.25) is 0 Å². The molecule has 4 heterocycles. The first-order chi connectivity index (χ1) is 35.6. The van der Waals surface area contributed by atoms with Gasteiger partial charge in [-0.15, -0.1) is 0 Å². The zero-order valence-corrected chi connectivity index (χ0v) is 38.8. The number of rotatable bonds is 7. The molecular formula is C66H40BNO4. The van der Waals surface area contributed by atoms with Gasteiger partial charge in [0, 0.05) is 50.5 Å². The maximum Gasteiger partial charge on any atom is 0.260 e. The van der Waals surface area contributed by atoms with Crippen LogP contribution in [-0.4, -0.2) is 6.71 Å². The van der Waals surface area contributed by atoms with Crippen LogP contribution in [0.3, 0.4) is 0 Å². The highest BCUT2D eigenvalue weighted by Crippen LogP contribution is 2.44. The molecule has 2 aliphatic heterocycles. The molecule has 0 unspecified atom stereocenters. The Morgan fingerprint density at radius 1 is 0.264 bits per heavy atom. The monoisotopic (exact) mass is 921 g/mol. The topological polar surface area (TPSA) is 48.0 Å². The molecule has 0 spiro atoms. The molecule has 13 aromatic rings. The highest BCUT2D eigenvalue weighted by molar-refractivity contribution is 6.98. The van der Waals surface area contributed by atoms with Crippen molar-refractivity contribution in [3.8, 4) is 67.5 Å². The van der Waals surface area contributed by atoms with Gasteiger partial charge in [-0.25, -0.2) is 0 Å². The molecule has 2 aromatic heterocycles. The molecule has 0 saturated carbocycles. The SMILES string of the molecule is c1ccc(N(c2ccccc2)c2cc3c4c(c2)Oc2cc(-c5ccc(-c6ccc7oc8ccccc8c7c6)cc5)ccc2B4c2ccc(-c4ccc(-c5ccc6oc7ccccc7c6c5)cc4)cc2O3)cc1. The zero-order valence-electron chi connectivity index (χ0n) is 38.8. The highest BCUT2D eigenvalue weighted by Gasteiger charge is 2.41. The van der Waals surface area contributed by atoms with Crippen LogP contribution in [0.2, 0.25) is 0 Å². The number of benzene rings is 11. The Balaban J connectivity index is 0.813. The van der Waals surface area contributed by atoms with E-state index in [2.05, 4.69) is 211 Å². The van der Waals surface area contributed by atoms with E-state index in [1.807, 2.05) is 36.4 Å². The molecule has 0 aliphatic carbocycles. The minimum Gasteiger partial charge on any atom is -0.458 e. The van der Waals surface area contributed by atoms with Crippen molar-refractivity contribution >= 4 is 84.0 Å². The van der Waals surface area contributed by atoms with Crippen LogP contribution in [0.1, 0.15) is 0 Å². The van der Waals surface area contributed by atoms with Crippen LogP contribution >= 0.6 is 0 Å². The van der Waals surface area contributed by atoms with Crippen molar-refractivity contribution in [2.75, 3.05) is 4.90 Å². The fraction of sp³-hybridized carbons (Fsp3) is 0. The molecule has 5 nitrogen and oxygen atoms in total. The largest absolute Gasteiger partial charge is 0.458 e. The lowest BCUT2D eigenvalue weighted by atomic mass is 9.34. The molecule has 0 radical (unpaired) electrons. The highest BCUT2D eigenvalue weighted by atomic mass is 16.5. The fourth-order valence-corrected chi connectivity index (χ4v) is 11.1. The predicted molar refractivity (Wildman–Crippen MR) is 295 cm³/mol. The summed E-state index contributed by atoms with van der Waals surface area (Å²) in [5.41, 5.74) is 18.8. The minimum atomic E-state index is -0.117. The van der Waals surface area contributed by atoms with Crippen LogP contribution < -0.4 is 30.8 Å². The standard InChI is InChI=1S/C66H40BNO4/c1-3-11-49(12-4-1)68(50-13-5-2-6-14-50)51-39-64-66-65(40-51)72-63-38-48(44-25-21-42(22-26-44)46-30-34-61-55(36-46)53-16-8-10-18-59(53)70-61)28-32-57(63)67(66)56-31-27-47(37-62(56)71-64)43-23-19-41(20-24-43)45-29-33-60-54(35-45)52-15-7-9-17-58(52)69-60/h1-40H. The Kier molecular flexibility index (Phi) is 8.99. The third kappa shape index (κ3) is 6.57. The first kappa shape index (κ1) is 40.4. The lowest BCUT2D eigenvalue weighted by molar-refractivity contribution is 0.465. The van der Waals surface area contributed by atoms with Crippen LogP contribution in [0.15, 0.2) is 251 Å². The molecule has 6 heteroatoms. The lowest BCUT2D eigenvalue weighted by Crippen LogP contribution is -2.57. The summed E-state index contributed by atoms with van der Waals surface area (Å²) in [5.74, 6) is 3.21. The Labute approximate surface area is 415 Å². The molecule has 15 rings (SSSR count). The van der Waals surface area contributed by atoms with Crippen molar-refractivity contribution in [3.05, 3.63) is 243 Å². The van der Waals surface area contributed by atoms with Gasteiger partial charge in [0.25, 0.3) is 6.71 Å². The molecule has 0 atom stereocenters. The Morgan fingerprint density at radius 3 is 1.07 bits per heavy atom. The van der Waals surface area contributed by atoms with Crippen molar-refractivity contribution in [1.29, 1.82) is 0 Å². The molecule has 0 saturated heterocycles. The number of anilines is 3.